The fourth-order valence-electron chi connectivity index (χ4n) is 2.64. The molecule has 1 amide bonds. The number of sulfonamides is 1. The van der Waals surface area contributed by atoms with Crippen molar-refractivity contribution in [2.75, 3.05) is 5.32 Å². The molecule has 0 spiro atoms. The van der Waals surface area contributed by atoms with Crippen LogP contribution in [-0.4, -0.2) is 19.4 Å². The number of benzene rings is 3. The first-order valence-electron chi connectivity index (χ1n) is 9.51. The predicted molar refractivity (Wildman–Crippen MR) is 127 cm³/mol. The fourth-order valence-corrected chi connectivity index (χ4v) is 3.87. The molecule has 0 radical (unpaired) electrons. The molecule has 0 bridgehead atoms. The van der Waals surface area contributed by atoms with Gasteiger partial charge in [-0.1, -0.05) is 42.5 Å². The van der Waals surface area contributed by atoms with Crippen LogP contribution in [0.1, 0.15) is 11.1 Å². The number of hydrogen-bond acceptors (Lipinski definition) is 4. The average molecular weight is 470 g/mol. The molecular formula is C23H20FN3O3S2. The van der Waals surface area contributed by atoms with Gasteiger partial charge in [-0.3, -0.25) is 10.1 Å². The number of thiocarbonyl (C=S) groups is 1. The summed E-state index contributed by atoms with van der Waals surface area (Å²) in [5.41, 5.74) is 2.03. The molecule has 0 unspecified atom stereocenters. The van der Waals surface area contributed by atoms with Crippen molar-refractivity contribution >= 4 is 45.0 Å². The van der Waals surface area contributed by atoms with Crippen LogP contribution in [0, 0.1) is 5.82 Å². The second kappa shape index (κ2) is 10.8. The predicted octanol–water partition coefficient (Wildman–Crippen LogP) is 3.83. The van der Waals surface area contributed by atoms with Gasteiger partial charge in [0.05, 0.1) is 4.90 Å². The van der Waals surface area contributed by atoms with Crippen molar-refractivity contribution in [1.82, 2.24) is 10.0 Å². The van der Waals surface area contributed by atoms with E-state index in [4.69, 9.17) is 12.2 Å². The first-order chi connectivity index (χ1) is 15.3. The summed E-state index contributed by atoms with van der Waals surface area (Å²) in [7, 11) is -3.67. The number of nitrogens with one attached hydrogen (secondary N) is 3. The number of halogens is 1. The number of carbonyl (C=O) groups is 1. The summed E-state index contributed by atoms with van der Waals surface area (Å²) in [6.07, 6.45) is 2.80. The zero-order valence-electron chi connectivity index (χ0n) is 16.8. The third-order valence-corrected chi connectivity index (χ3v) is 5.89. The van der Waals surface area contributed by atoms with Gasteiger partial charge in [0, 0.05) is 18.3 Å². The van der Waals surface area contributed by atoms with Crippen LogP contribution in [0.15, 0.2) is 89.8 Å². The SMILES string of the molecule is O=C(C=Cc1ccc(F)cc1)NC(=S)Nc1ccc(S(=O)(=O)NCc2ccccc2)cc1. The van der Waals surface area contributed by atoms with Gasteiger partial charge in [0.15, 0.2) is 5.11 Å². The third-order valence-electron chi connectivity index (χ3n) is 4.27. The smallest absolute Gasteiger partial charge is 0.250 e. The van der Waals surface area contributed by atoms with Gasteiger partial charge in [0.2, 0.25) is 15.9 Å². The molecule has 0 aliphatic rings. The minimum Gasteiger partial charge on any atom is -0.332 e. The first-order valence-corrected chi connectivity index (χ1v) is 11.4. The Bertz CT molecular complexity index is 1210. The first kappa shape index (κ1) is 23.3. The number of hydrogen-bond donors (Lipinski definition) is 3. The van der Waals surface area contributed by atoms with Gasteiger partial charge in [-0.25, -0.2) is 17.5 Å². The van der Waals surface area contributed by atoms with E-state index >= 15 is 0 Å². The Morgan fingerprint density at radius 1 is 0.938 bits per heavy atom. The minimum absolute atomic E-state index is 0.0524. The Balaban J connectivity index is 1.52. The van der Waals surface area contributed by atoms with Crippen LogP contribution in [0.25, 0.3) is 6.08 Å². The van der Waals surface area contributed by atoms with Gasteiger partial charge in [-0.15, -0.1) is 0 Å². The van der Waals surface area contributed by atoms with Gasteiger partial charge >= 0.3 is 0 Å². The maximum absolute atomic E-state index is 12.9. The molecule has 0 atom stereocenters. The number of carbonyl (C=O) groups excluding carboxylic acids is 1. The largest absolute Gasteiger partial charge is 0.332 e. The number of amides is 1. The molecule has 0 heterocycles. The Hall–Kier alpha value is -3.40. The lowest BCUT2D eigenvalue weighted by atomic mass is 10.2. The maximum atomic E-state index is 12.9. The normalized spacial score (nSPS) is 11.3. The highest BCUT2D eigenvalue weighted by Gasteiger charge is 2.13. The number of anilines is 1. The third kappa shape index (κ3) is 7.09. The highest BCUT2D eigenvalue weighted by atomic mass is 32.2. The summed E-state index contributed by atoms with van der Waals surface area (Å²) in [4.78, 5) is 12.1. The highest BCUT2D eigenvalue weighted by Crippen LogP contribution is 2.14. The summed E-state index contributed by atoms with van der Waals surface area (Å²) in [5, 5.41) is 5.35. The summed E-state index contributed by atoms with van der Waals surface area (Å²) in [6.45, 7) is 0.185. The van der Waals surface area contributed by atoms with Gasteiger partial charge < -0.3 is 5.32 Å². The standard InChI is InChI=1S/C23H20FN3O3S2/c24-19-9-6-17(7-10-19)8-15-22(28)27-23(31)26-20-11-13-21(14-12-20)32(29,30)25-16-18-4-2-1-3-5-18/h1-15,25H,16H2,(H2,26,27,28,31). The molecule has 3 rings (SSSR count). The molecule has 6 nitrogen and oxygen atoms in total. The Morgan fingerprint density at radius 2 is 1.59 bits per heavy atom. The average Bonchev–Trinajstić information content (AvgIpc) is 2.78. The van der Waals surface area contributed by atoms with E-state index < -0.39 is 15.9 Å². The van der Waals surface area contributed by atoms with Crippen LogP contribution in [0.4, 0.5) is 10.1 Å². The molecule has 0 aliphatic carbocycles. The van der Waals surface area contributed by atoms with E-state index in [0.29, 0.717) is 11.3 Å². The number of rotatable bonds is 7. The molecular weight excluding hydrogens is 449 g/mol. The molecule has 9 heteroatoms. The minimum atomic E-state index is -3.67. The van der Waals surface area contributed by atoms with E-state index in [2.05, 4.69) is 15.4 Å². The van der Waals surface area contributed by atoms with Crippen LogP contribution in [-0.2, 0) is 21.4 Å². The van der Waals surface area contributed by atoms with Crippen molar-refractivity contribution in [2.24, 2.45) is 0 Å². The molecule has 0 aliphatic heterocycles. The monoisotopic (exact) mass is 469 g/mol. The zero-order chi connectivity index (χ0) is 23.0. The lowest BCUT2D eigenvalue weighted by Crippen LogP contribution is -2.32. The van der Waals surface area contributed by atoms with Crippen molar-refractivity contribution in [3.8, 4) is 0 Å². The van der Waals surface area contributed by atoms with Crippen LogP contribution in [0.5, 0.6) is 0 Å². The topological polar surface area (TPSA) is 87.3 Å². The lowest BCUT2D eigenvalue weighted by Gasteiger charge is -2.10. The van der Waals surface area contributed by atoms with E-state index in [1.54, 1.807) is 24.3 Å². The van der Waals surface area contributed by atoms with E-state index in [9.17, 15) is 17.6 Å². The highest BCUT2D eigenvalue weighted by molar-refractivity contribution is 7.89. The van der Waals surface area contributed by atoms with Crippen molar-refractivity contribution in [3.05, 3.63) is 102 Å². The van der Waals surface area contributed by atoms with Crippen molar-refractivity contribution in [2.45, 2.75) is 11.4 Å². The van der Waals surface area contributed by atoms with Gasteiger partial charge in [-0.05, 0) is 65.8 Å². The Labute approximate surface area is 191 Å². The van der Waals surface area contributed by atoms with Gasteiger partial charge in [0.25, 0.3) is 0 Å². The molecule has 32 heavy (non-hydrogen) atoms. The Morgan fingerprint density at radius 3 is 2.25 bits per heavy atom. The molecule has 0 aromatic heterocycles. The molecule has 164 valence electrons. The summed E-state index contributed by atoms with van der Waals surface area (Å²) < 4.78 is 40.3. The van der Waals surface area contributed by atoms with Gasteiger partial charge in [-0.2, -0.15) is 0 Å². The Kier molecular flexibility index (Phi) is 7.82. The van der Waals surface area contributed by atoms with E-state index in [0.717, 1.165) is 5.56 Å². The molecule has 0 saturated carbocycles. The van der Waals surface area contributed by atoms with E-state index in [1.807, 2.05) is 30.3 Å². The maximum Gasteiger partial charge on any atom is 0.250 e. The molecule has 0 saturated heterocycles. The second-order valence-corrected chi connectivity index (χ2v) is 8.84. The molecule has 3 aromatic rings. The van der Waals surface area contributed by atoms with Gasteiger partial charge in [0.1, 0.15) is 5.82 Å². The summed E-state index contributed by atoms with van der Waals surface area (Å²) >= 11 is 5.11. The van der Waals surface area contributed by atoms with Crippen molar-refractivity contribution in [1.29, 1.82) is 0 Å². The van der Waals surface area contributed by atoms with Crippen LogP contribution >= 0.6 is 12.2 Å². The fraction of sp³-hybridized carbons (Fsp3) is 0.0435. The second-order valence-electron chi connectivity index (χ2n) is 6.66. The van der Waals surface area contributed by atoms with Crippen LogP contribution in [0.3, 0.4) is 0 Å². The van der Waals surface area contributed by atoms with Crippen LogP contribution < -0.4 is 15.4 Å². The lowest BCUT2D eigenvalue weighted by molar-refractivity contribution is -0.115. The molecule has 3 aromatic carbocycles. The summed E-state index contributed by atoms with van der Waals surface area (Å²) in [6, 6.07) is 20.8. The quantitative estimate of drug-likeness (QED) is 0.362. The zero-order valence-corrected chi connectivity index (χ0v) is 18.4. The molecule has 0 fully saturated rings. The van der Waals surface area contributed by atoms with Crippen molar-refractivity contribution in [3.63, 3.8) is 0 Å². The van der Waals surface area contributed by atoms with Crippen LogP contribution in [0.2, 0.25) is 0 Å². The molecule has 3 N–H and O–H groups in total. The summed E-state index contributed by atoms with van der Waals surface area (Å²) in [5.74, 6) is -0.820. The van der Waals surface area contributed by atoms with E-state index in [1.165, 1.54) is 36.4 Å². The van der Waals surface area contributed by atoms with Crippen molar-refractivity contribution < 1.29 is 17.6 Å². The van der Waals surface area contributed by atoms with E-state index in [-0.39, 0.29) is 22.4 Å².